The maximum atomic E-state index is 10.1. The van der Waals surface area contributed by atoms with E-state index in [0.29, 0.717) is 10.0 Å². The van der Waals surface area contributed by atoms with Crippen molar-refractivity contribution >= 4 is 57.1 Å². The Balaban J connectivity index is 2.38. The largest absolute Gasteiger partial charge is 0.383 e. The molecule has 1 heterocycles. The van der Waals surface area contributed by atoms with Crippen molar-refractivity contribution in [2.24, 2.45) is 0 Å². The highest BCUT2D eigenvalue weighted by Crippen LogP contribution is 2.34. The van der Waals surface area contributed by atoms with Crippen molar-refractivity contribution in [1.29, 1.82) is 0 Å². The molecule has 5 heteroatoms. The molecule has 1 N–H and O–H groups in total. The maximum Gasteiger partial charge on any atom is 0.115 e. The number of thiophene rings is 1. The molecule has 0 saturated heterocycles. The Labute approximate surface area is 121 Å². The van der Waals surface area contributed by atoms with E-state index in [-0.39, 0.29) is 0 Å². The van der Waals surface area contributed by atoms with Crippen LogP contribution < -0.4 is 0 Å². The standard InChI is InChI=1S/C11H7Cl2IOS/c12-7-3-4-16-11(7)10(15)6-1-2-9(14)8(13)5-6/h1-5,10,15H. The highest BCUT2D eigenvalue weighted by atomic mass is 127. The van der Waals surface area contributed by atoms with E-state index in [9.17, 15) is 5.11 Å². The Morgan fingerprint density at radius 2 is 1.94 bits per heavy atom. The number of rotatable bonds is 2. The Hall–Kier alpha value is 0.190. The van der Waals surface area contributed by atoms with Crippen LogP contribution in [-0.4, -0.2) is 5.11 Å². The molecule has 0 aliphatic rings. The van der Waals surface area contributed by atoms with E-state index in [1.54, 1.807) is 12.1 Å². The Morgan fingerprint density at radius 1 is 1.19 bits per heavy atom. The molecule has 1 unspecified atom stereocenters. The van der Waals surface area contributed by atoms with E-state index in [2.05, 4.69) is 22.6 Å². The zero-order valence-electron chi connectivity index (χ0n) is 7.95. The van der Waals surface area contributed by atoms with Gasteiger partial charge in [-0.1, -0.05) is 29.3 Å². The number of hydrogen-bond donors (Lipinski definition) is 1. The van der Waals surface area contributed by atoms with Gasteiger partial charge in [-0.3, -0.25) is 0 Å². The van der Waals surface area contributed by atoms with Crippen LogP contribution in [0.15, 0.2) is 29.6 Å². The van der Waals surface area contributed by atoms with Crippen molar-refractivity contribution in [3.8, 4) is 0 Å². The molecule has 0 fully saturated rings. The minimum atomic E-state index is -0.706. The van der Waals surface area contributed by atoms with Crippen molar-refractivity contribution in [1.82, 2.24) is 0 Å². The van der Waals surface area contributed by atoms with Gasteiger partial charge < -0.3 is 5.11 Å². The average molecular weight is 385 g/mol. The first-order valence-electron chi connectivity index (χ1n) is 4.45. The van der Waals surface area contributed by atoms with Crippen molar-refractivity contribution in [2.75, 3.05) is 0 Å². The third-order valence-corrected chi connectivity index (χ3v) is 5.14. The summed E-state index contributed by atoms with van der Waals surface area (Å²) in [4.78, 5) is 0.749. The van der Waals surface area contributed by atoms with Gasteiger partial charge >= 0.3 is 0 Å². The van der Waals surface area contributed by atoms with Gasteiger partial charge in [0, 0.05) is 3.57 Å². The molecule has 0 bridgehead atoms. The van der Waals surface area contributed by atoms with Gasteiger partial charge in [0.2, 0.25) is 0 Å². The van der Waals surface area contributed by atoms with Crippen molar-refractivity contribution < 1.29 is 5.11 Å². The molecule has 1 aromatic carbocycles. The summed E-state index contributed by atoms with van der Waals surface area (Å²) < 4.78 is 0.965. The van der Waals surface area contributed by atoms with Crippen LogP contribution in [0.3, 0.4) is 0 Å². The van der Waals surface area contributed by atoms with Crippen LogP contribution in [0.1, 0.15) is 16.5 Å². The quantitative estimate of drug-likeness (QED) is 0.741. The second kappa shape index (κ2) is 5.23. The smallest absolute Gasteiger partial charge is 0.115 e. The van der Waals surface area contributed by atoms with Crippen molar-refractivity contribution in [2.45, 2.75) is 6.10 Å². The summed E-state index contributed by atoms with van der Waals surface area (Å²) in [6.45, 7) is 0. The van der Waals surface area contributed by atoms with E-state index >= 15 is 0 Å². The molecule has 84 valence electrons. The lowest BCUT2D eigenvalue weighted by atomic mass is 10.1. The first-order valence-corrected chi connectivity index (χ1v) is 7.17. The molecule has 1 atom stereocenters. The second-order valence-corrected chi connectivity index (χ2v) is 6.13. The van der Waals surface area contributed by atoms with Gasteiger partial charge in [0.05, 0.1) is 14.9 Å². The summed E-state index contributed by atoms with van der Waals surface area (Å²) in [5.74, 6) is 0. The van der Waals surface area contributed by atoms with Gasteiger partial charge in [0.25, 0.3) is 0 Å². The Kier molecular flexibility index (Phi) is 4.13. The monoisotopic (exact) mass is 384 g/mol. The molecule has 0 amide bonds. The molecular formula is C11H7Cl2IOS. The zero-order valence-corrected chi connectivity index (χ0v) is 12.4. The average Bonchev–Trinajstić information content (AvgIpc) is 2.67. The van der Waals surface area contributed by atoms with Crippen molar-refractivity contribution in [3.63, 3.8) is 0 Å². The first-order chi connectivity index (χ1) is 7.59. The number of benzene rings is 1. The molecule has 1 nitrogen and oxygen atoms in total. The van der Waals surface area contributed by atoms with Gasteiger partial charge in [0.1, 0.15) is 6.10 Å². The van der Waals surface area contributed by atoms with Crippen LogP contribution in [-0.2, 0) is 0 Å². The van der Waals surface area contributed by atoms with Crippen LogP contribution in [0.5, 0.6) is 0 Å². The lowest BCUT2D eigenvalue weighted by Gasteiger charge is -2.10. The molecule has 0 spiro atoms. The van der Waals surface area contributed by atoms with Crippen LogP contribution >= 0.6 is 57.1 Å². The summed E-state index contributed by atoms with van der Waals surface area (Å²) in [7, 11) is 0. The summed E-state index contributed by atoms with van der Waals surface area (Å²) in [5.41, 5.74) is 0.759. The number of aliphatic hydroxyl groups is 1. The van der Waals surface area contributed by atoms with E-state index in [4.69, 9.17) is 23.2 Å². The molecule has 0 radical (unpaired) electrons. The van der Waals surface area contributed by atoms with Gasteiger partial charge in [0.15, 0.2) is 0 Å². The topological polar surface area (TPSA) is 20.2 Å². The summed E-state index contributed by atoms with van der Waals surface area (Å²) in [5, 5.41) is 13.2. The summed E-state index contributed by atoms with van der Waals surface area (Å²) in [6, 6.07) is 7.28. The SMILES string of the molecule is OC(c1ccc(I)c(Cl)c1)c1sccc1Cl. The molecule has 16 heavy (non-hydrogen) atoms. The fourth-order valence-electron chi connectivity index (χ4n) is 1.33. The lowest BCUT2D eigenvalue weighted by molar-refractivity contribution is 0.224. The molecule has 0 saturated carbocycles. The Bertz CT molecular complexity index is 512. The summed E-state index contributed by atoms with van der Waals surface area (Å²) in [6.07, 6.45) is -0.706. The van der Waals surface area contributed by atoms with Gasteiger partial charge in [-0.2, -0.15) is 0 Å². The van der Waals surface area contributed by atoms with Gasteiger partial charge in [-0.05, 0) is 51.7 Å². The van der Waals surface area contributed by atoms with Crippen molar-refractivity contribution in [3.05, 3.63) is 53.7 Å². The van der Waals surface area contributed by atoms with Gasteiger partial charge in [-0.15, -0.1) is 11.3 Å². The van der Waals surface area contributed by atoms with Crippen LogP contribution in [0, 0.1) is 3.57 Å². The third kappa shape index (κ3) is 2.54. The number of halogens is 3. The fourth-order valence-corrected chi connectivity index (χ4v) is 3.03. The van der Waals surface area contributed by atoms with E-state index in [1.165, 1.54) is 11.3 Å². The molecule has 0 aliphatic heterocycles. The normalized spacial score (nSPS) is 12.8. The van der Waals surface area contributed by atoms with Crippen LogP contribution in [0.2, 0.25) is 10.0 Å². The lowest BCUT2D eigenvalue weighted by Crippen LogP contribution is -1.97. The highest BCUT2D eigenvalue weighted by molar-refractivity contribution is 14.1. The third-order valence-electron chi connectivity index (χ3n) is 2.15. The molecule has 2 aromatic rings. The maximum absolute atomic E-state index is 10.1. The second-order valence-electron chi connectivity index (χ2n) is 3.21. The van der Waals surface area contributed by atoms with Gasteiger partial charge in [-0.25, -0.2) is 0 Å². The van der Waals surface area contributed by atoms with Crippen LogP contribution in [0.25, 0.3) is 0 Å². The fraction of sp³-hybridized carbons (Fsp3) is 0.0909. The van der Waals surface area contributed by atoms with Crippen LogP contribution in [0.4, 0.5) is 0 Å². The predicted molar refractivity (Wildman–Crippen MR) is 77.6 cm³/mol. The molecular weight excluding hydrogens is 378 g/mol. The number of aliphatic hydroxyl groups excluding tert-OH is 1. The van der Waals surface area contributed by atoms with E-state index in [1.807, 2.05) is 17.5 Å². The summed E-state index contributed by atoms with van der Waals surface area (Å²) >= 11 is 15.6. The Morgan fingerprint density at radius 3 is 2.50 bits per heavy atom. The zero-order chi connectivity index (χ0) is 11.7. The predicted octanol–water partition coefficient (Wildman–Crippen LogP) is 4.74. The first kappa shape index (κ1) is 12.6. The minimum Gasteiger partial charge on any atom is -0.383 e. The molecule has 0 aliphatic carbocycles. The van der Waals surface area contributed by atoms with E-state index in [0.717, 1.165) is 14.0 Å². The van der Waals surface area contributed by atoms with E-state index < -0.39 is 6.10 Å². The highest BCUT2D eigenvalue weighted by Gasteiger charge is 2.16. The number of hydrogen-bond acceptors (Lipinski definition) is 2. The minimum absolute atomic E-state index is 0.590. The molecule has 2 rings (SSSR count). The molecule has 1 aromatic heterocycles.